The first-order valence-corrected chi connectivity index (χ1v) is 7.75. The number of nitrogens with two attached hydrogens (primary N) is 1. The number of nitrogens with one attached hydrogen (secondary N) is 2. The molecule has 1 aromatic carbocycles. The molecule has 2 aromatic heterocycles. The highest BCUT2D eigenvalue weighted by Gasteiger charge is 2.14. The summed E-state index contributed by atoms with van der Waals surface area (Å²) >= 11 is 5.93. The van der Waals surface area contributed by atoms with E-state index in [-0.39, 0.29) is 22.0 Å². The lowest BCUT2D eigenvalue weighted by atomic mass is 10.0. The molecule has 4 N–H and O–H groups in total. The van der Waals surface area contributed by atoms with Gasteiger partial charge in [0.2, 0.25) is 0 Å². The number of benzene rings is 1. The van der Waals surface area contributed by atoms with Crippen LogP contribution in [0.15, 0.2) is 53.5 Å². The van der Waals surface area contributed by atoms with Gasteiger partial charge >= 0.3 is 0 Å². The minimum absolute atomic E-state index is 0.0669. The standard InChI is InChI=1S/C18H12ClN5O2/c19-14-6-16(23-8-11(14)7-20)18(25)24-12-1-2-15(21)13(5-12)17(22)10-3-4-26-9-10/h1-6,8-9,22H,21H2,(H,24,25). The molecule has 3 rings (SSSR count). The number of hydrogen-bond donors (Lipinski definition) is 3. The largest absolute Gasteiger partial charge is 0.472 e. The van der Waals surface area contributed by atoms with Crippen molar-refractivity contribution in [2.24, 2.45) is 0 Å². The lowest BCUT2D eigenvalue weighted by molar-refractivity contribution is 0.102. The van der Waals surface area contributed by atoms with E-state index in [1.165, 1.54) is 24.8 Å². The predicted octanol–water partition coefficient (Wildman–Crippen LogP) is 3.45. The van der Waals surface area contributed by atoms with Gasteiger partial charge in [0, 0.05) is 28.7 Å². The molecule has 0 fully saturated rings. The summed E-state index contributed by atoms with van der Waals surface area (Å²) in [6, 6.07) is 9.65. The Morgan fingerprint density at radius 2 is 2.15 bits per heavy atom. The third-order valence-electron chi connectivity index (χ3n) is 3.60. The highest BCUT2D eigenvalue weighted by Crippen LogP contribution is 2.22. The Balaban J connectivity index is 1.85. The first-order valence-electron chi connectivity index (χ1n) is 7.37. The molecule has 0 radical (unpaired) electrons. The van der Waals surface area contributed by atoms with Gasteiger partial charge in [0.1, 0.15) is 11.8 Å². The Labute approximate surface area is 153 Å². The highest BCUT2D eigenvalue weighted by atomic mass is 35.5. The van der Waals surface area contributed by atoms with Gasteiger partial charge in [-0.2, -0.15) is 5.26 Å². The van der Waals surface area contributed by atoms with Gasteiger partial charge in [0.05, 0.1) is 28.8 Å². The number of halogens is 1. The molecule has 26 heavy (non-hydrogen) atoms. The maximum Gasteiger partial charge on any atom is 0.274 e. The van der Waals surface area contributed by atoms with Crippen LogP contribution in [0.5, 0.6) is 0 Å². The van der Waals surface area contributed by atoms with Crippen molar-refractivity contribution in [1.29, 1.82) is 10.7 Å². The molecular weight excluding hydrogens is 354 g/mol. The van der Waals surface area contributed by atoms with Crippen LogP contribution >= 0.6 is 11.6 Å². The molecule has 0 saturated carbocycles. The second kappa shape index (κ2) is 7.09. The number of furan rings is 1. The third kappa shape index (κ3) is 3.41. The quantitative estimate of drug-likeness (QED) is 0.481. The Kier molecular flexibility index (Phi) is 4.69. The van der Waals surface area contributed by atoms with E-state index in [0.717, 1.165) is 0 Å². The van der Waals surface area contributed by atoms with Gasteiger partial charge in [0.15, 0.2) is 0 Å². The fourth-order valence-corrected chi connectivity index (χ4v) is 2.44. The van der Waals surface area contributed by atoms with E-state index in [1.54, 1.807) is 24.3 Å². The Hall–Kier alpha value is -3.63. The van der Waals surface area contributed by atoms with Gasteiger partial charge in [0.25, 0.3) is 5.91 Å². The van der Waals surface area contributed by atoms with E-state index in [0.29, 0.717) is 22.5 Å². The lowest BCUT2D eigenvalue weighted by Crippen LogP contribution is -2.15. The molecule has 0 spiro atoms. The van der Waals surface area contributed by atoms with Crippen LogP contribution in [0, 0.1) is 16.7 Å². The van der Waals surface area contributed by atoms with Gasteiger partial charge in [-0.25, -0.2) is 4.98 Å². The molecule has 1 amide bonds. The first kappa shape index (κ1) is 17.2. The molecule has 0 aliphatic heterocycles. The summed E-state index contributed by atoms with van der Waals surface area (Å²) in [5, 5.41) is 19.9. The Morgan fingerprint density at radius 1 is 1.35 bits per heavy atom. The number of carbonyl (C=O) groups is 1. The number of hydrogen-bond acceptors (Lipinski definition) is 6. The van der Waals surface area contributed by atoms with E-state index < -0.39 is 5.91 Å². The smallest absolute Gasteiger partial charge is 0.274 e. The number of rotatable bonds is 4. The molecule has 0 bridgehead atoms. The summed E-state index contributed by atoms with van der Waals surface area (Å²) < 4.78 is 4.98. The minimum Gasteiger partial charge on any atom is -0.472 e. The van der Waals surface area contributed by atoms with Crippen LogP contribution in [0.25, 0.3) is 0 Å². The zero-order valence-corrected chi connectivity index (χ0v) is 14.0. The van der Waals surface area contributed by atoms with Crippen LogP contribution in [0.3, 0.4) is 0 Å². The molecule has 2 heterocycles. The third-order valence-corrected chi connectivity index (χ3v) is 3.91. The zero-order chi connectivity index (χ0) is 18.7. The molecule has 0 unspecified atom stereocenters. The molecule has 0 aliphatic carbocycles. The number of nitrogens with zero attached hydrogens (tertiary/aromatic N) is 2. The summed E-state index contributed by atoms with van der Waals surface area (Å²) in [7, 11) is 0. The molecule has 0 saturated heterocycles. The summed E-state index contributed by atoms with van der Waals surface area (Å²) in [6.07, 6.45) is 4.14. The van der Waals surface area contributed by atoms with E-state index in [1.807, 2.05) is 6.07 Å². The van der Waals surface area contributed by atoms with Crippen molar-refractivity contribution in [3.63, 3.8) is 0 Å². The van der Waals surface area contributed by atoms with Crippen molar-refractivity contribution in [1.82, 2.24) is 4.98 Å². The molecule has 128 valence electrons. The van der Waals surface area contributed by atoms with Crippen LogP contribution in [-0.2, 0) is 0 Å². The van der Waals surface area contributed by atoms with E-state index in [2.05, 4.69) is 10.3 Å². The monoisotopic (exact) mass is 365 g/mol. The number of pyridine rings is 1. The van der Waals surface area contributed by atoms with Crippen molar-refractivity contribution in [2.75, 3.05) is 11.1 Å². The fraction of sp³-hybridized carbons (Fsp3) is 0. The van der Waals surface area contributed by atoms with Gasteiger partial charge in [-0.05, 0) is 30.3 Å². The normalized spacial score (nSPS) is 10.2. The number of amides is 1. The van der Waals surface area contributed by atoms with E-state index >= 15 is 0 Å². The zero-order valence-electron chi connectivity index (χ0n) is 13.3. The molecule has 0 aliphatic rings. The summed E-state index contributed by atoms with van der Waals surface area (Å²) in [5.74, 6) is -0.498. The summed E-state index contributed by atoms with van der Waals surface area (Å²) in [4.78, 5) is 16.3. The first-order chi connectivity index (χ1) is 12.5. The Bertz CT molecular complexity index is 1040. The highest BCUT2D eigenvalue weighted by molar-refractivity contribution is 6.32. The maximum absolute atomic E-state index is 12.3. The van der Waals surface area contributed by atoms with Gasteiger partial charge < -0.3 is 15.5 Å². The van der Waals surface area contributed by atoms with E-state index in [4.69, 9.17) is 32.4 Å². The molecular formula is C18H12ClN5O2. The summed E-state index contributed by atoms with van der Waals surface area (Å²) in [5.41, 5.74) is 8.23. The van der Waals surface area contributed by atoms with Crippen LogP contribution in [0.2, 0.25) is 5.02 Å². The van der Waals surface area contributed by atoms with Crippen molar-refractivity contribution in [2.45, 2.75) is 0 Å². The van der Waals surface area contributed by atoms with Crippen molar-refractivity contribution < 1.29 is 9.21 Å². The van der Waals surface area contributed by atoms with Crippen LogP contribution in [0.1, 0.15) is 27.2 Å². The second-order valence-corrected chi connectivity index (χ2v) is 5.71. The second-order valence-electron chi connectivity index (χ2n) is 5.30. The average Bonchev–Trinajstić information content (AvgIpc) is 3.17. The van der Waals surface area contributed by atoms with Crippen molar-refractivity contribution in [3.8, 4) is 6.07 Å². The molecule has 8 heteroatoms. The number of aromatic nitrogens is 1. The lowest BCUT2D eigenvalue weighted by Gasteiger charge is -2.10. The van der Waals surface area contributed by atoms with Gasteiger partial charge in [-0.1, -0.05) is 11.6 Å². The van der Waals surface area contributed by atoms with Crippen molar-refractivity contribution >= 4 is 34.6 Å². The maximum atomic E-state index is 12.3. The number of anilines is 2. The average molecular weight is 366 g/mol. The number of nitrogen functional groups attached to an aromatic ring is 1. The van der Waals surface area contributed by atoms with Crippen molar-refractivity contribution in [3.05, 3.63) is 76.5 Å². The number of carbonyl (C=O) groups excluding carboxylic acids is 1. The molecule has 3 aromatic rings. The van der Waals surface area contributed by atoms with Crippen LogP contribution < -0.4 is 11.1 Å². The predicted molar refractivity (Wildman–Crippen MR) is 97.4 cm³/mol. The molecule has 0 atom stereocenters. The van der Waals surface area contributed by atoms with Gasteiger partial charge in [-0.3, -0.25) is 10.2 Å². The fourth-order valence-electron chi connectivity index (χ4n) is 2.25. The minimum atomic E-state index is -0.498. The number of nitriles is 1. The SMILES string of the molecule is N#Cc1cnc(C(=O)Nc2ccc(N)c(C(=N)c3ccoc3)c2)cc1Cl. The topological polar surface area (TPSA) is 129 Å². The van der Waals surface area contributed by atoms with Crippen LogP contribution in [0.4, 0.5) is 11.4 Å². The van der Waals surface area contributed by atoms with Gasteiger partial charge in [-0.15, -0.1) is 0 Å². The van der Waals surface area contributed by atoms with E-state index in [9.17, 15) is 4.79 Å². The molecule has 7 nitrogen and oxygen atoms in total. The summed E-state index contributed by atoms with van der Waals surface area (Å²) in [6.45, 7) is 0. The Morgan fingerprint density at radius 3 is 2.81 bits per heavy atom. The van der Waals surface area contributed by atoms with Crippen LogP contribution in [-0.4, -0.2) is 16.6 Å².